The Labute approximate surface area is 176 Å². The molecule has 0 spiro atoms. The lowest BCUT2D eigenvalue weighted by Gasteiger charge is -2.07. The molecule has 6 heteroatoms. The number of amides is 1. The van der Waals surface area contributed by atoms with Crippen LogP contribution in [0.2, 0.25) is 0 Å². The van der Waals surface area contributed by atoms with Gasteiger partial charge in [-0.3, -0.25) is 4.79 Å². The molecule has 1 fully saturated rings. The number of thioether (sulfide) groups is 1. The first kappa shape index (κ1) is 21.1. The summed E-state index contributed by atoms with van der Waals surface area (Å²) < 4.78 is 4.99. The Balaban J connectivity index is 1.60. The zero-order valence-corrected chi connectivity index (χ0v) is 17.6. The summed E-state index contributed by atoms with van der Waals surface area (Å²) >= 11 is 1.44. The Bertz CT molecular complexity index is 876. The number of carbonyl (C=O) groups excluding carboxylic acids is 2. The van der Waals surface area contributed by atoms with Crippen molar-refractivity contribution in [2.45, 2.75) is 44.8 Å². The number of nitrogens with one attached hydrogen (secondary N) is 1. The number of rotatable bonds is 8. The van der Waals surface area contributed by atoms with Crippen LogP contribution in [0.4, 0.5) is 5.69 Å². The van der Waals surface area contributed by atoms with Crippen LogP contribution in [0.5, 0.6) is 0 Å². The predicted molar refractivity (Wildman–Crippen MR) is 118 cm³/mol. The number of carbonyl (C=O) groups is 2. The minimum Gasteiger partial charge on any atom is -0.462 e. The highest BCUT2D eigenvalue weighted by Gasteiger charge is 2.30. The molecule has 0 radical (unpaired) electrons. The number of aryl methyl sites for hydroxylation is 1. The standard InChI is InChI=1S/C23H26N2O3S/c1-3-5-6-16-9-13-19(14-10-16)24-23-25-21(26)20(29-23)15-17-7-11-18(12-8-17)22(27)28-4-2/h7-14,20H,3-6,15H2,1-2H3,(H,24,25,26)/t20-/m0/s1. The van der Waals surface area contributed by atoms with E-state index in [0.29, 0.717) is 23.8 Å². The van der Waals surface area contributed by atoms with Gasteiger partial charge in [0.05, 0.1) is 23.1 Å². The van der Waals surface area contributed by atoms with E-state index in [1.807, 2.05) is 24.3 Å². The van der Waals surface area contributed by atoms with Gasteiger partial charge in [0.1, 0.15) is 0 Å². The molecule has 0 bridgehead atoms. The first-order valence-corrected chi connectivity index (χ1v) is 10.9. The fraction of sp³-hybridized carbons (Fsp3) is 0.348. The lowest BCUT2D eigenvalue weighted by molar-refractivity contribution is -0.118. The molecule has 1 aliphatic rings. The first-order chi connectivity index (χ1) is 14.1. The number of benzene rings is 2. The number of unbranched alkanes of at least 4 members (excludes halogenated alkanes) is 1. The van der Waals surface area contributed by atoms with E-state index >= 15 is 0 Å². The van der Waals surface area contributed by atoms with Crippen molar-refractivity contribution >= 4 is 34.5 Å². The lowest BCUT2D eigenvalue weighted by atomic mass is 10.1. The molecule has 0 unspecified atom stereocenters. The molecule has 2 aromatic carbocycles. The first-order valence-electron chi connectivity index (χ1n) is 10.00. The molecule has 1 atom stereocenters. The van der Waals surface area contributed by atoms with Crippen molar-refractivity contribution in [2.24, 2.45) is 4.99 Å². The maximum Gasteiger partial charge on any atom is 0.338 e. The van der Waals surface area contributed by atoms with Crippen LogP contribution < -0.4 is 5.32 Å². The third-order valence-electron chi connectivity index (χ3n) is 4.65. The van der Waals surface area contributed by atoms with E-state index in [0.717, 1.165) is 17.7 Å². The topological polar surface area (TPSA) is 67.8 Å². The molecule has 1 heterocycles. The molecule has 0 aliphatic carbocycles. The summed E-state index contributed by atoms with van der Waals surface area (Å²) in [6.45, 7) is 4.32. The zero-order chi connectivity index (χ0) is 20.6. The summed E-state index contributed by atoms with van der Waals surface area (Å²) in [7, 11) is 0. The molecule has 29 heavy (non-hydrogen) atoms. The van der Waals surface area contributed by atoms with Crippen LogP contribution in [0.3, 0.4) is 0 Å². The maximum atomic E-state index is 12.3. The average molecular weight is 411 g/mol. The minimum absolute atomic E-state index is 0.0391. The summed E-state index contributed by atoms with van der Waals surface area (Å²) in [5, 5.41) is 3.27. The molecule has 1 aliphatic heterocycles. The molecule has 152 valence electrons. The zero-order valence-electron chi connectivity index (χ0n) is 16.8. The fourth-order valence-electron chi connectivity index (χ4n) is 3.03. The van der Waals surface area contributed by atoms with Gasteiger partial charge < -0.3 is 10.1 Å². The molecule has 0 saturated carbocycles. The molecule has 5 nitrogen and oxygen atoms in total. The SMILES string of the molecule is CCCCc1ccc(N=C2NC(=O)[C@H](Cc3ccc(C(=O)OCC)cc3)S2)cc1. The van der Waals surface area contributed by atoms with Crippen LogP contribution >= 0.6 is 11.8 Å². The Hall–Kier alpha value is -2.60. The van der Waals surface area contributed by atoms with Crippen LogP contribution in [-0.2, 0) is 22.4 Å². The van der Waals surface area contributed by atoms with Crippen LogP contribution in [0.25, 0.3) is 0 Å². The van der Waals surface area contributed by atoms with Crippen LogP contribution in [0.15, 0.2) is 53.5 Å². The number of esters is 1. The maximum absolute atomic E-state index is 12.3. The van der Waals surface area contributed by atoms with Crippen LogP contribution in [0, 0.1) is 0 Å². The Morgan fingerprint density at radius 1 is 1.07 bits per heavy atom. The molecule has 1 saturated heterocycles. The summed E-state index contributed by atoms with van der Waals surface area (Å²) in [4.78, 5) is 28.6. The lowest BCUT2D eigenvalue weighted by Crippen LogP contribution is -2.25. The van der Waals surface area contributed by atoms with Crippen LogP contribution in [-0.4, -0.2) is 28.9 Å². The fourth-order valence-corrected chi connectivity index (χ4v) is 4.06. The van der Waals surface area contributed by atoms with Gasteiger partial charge in [0.25, 0.3) is 0 Å². The highest BCUT2D eigenvalue weighted by Crippen LogP contribution is 2.26. The third-order valence-corrected chi connectivity index (χ3v) is 5.73. The second-order valence-corrected chi connectivity index (χ2v) is 8.10. The summed E-state index contributed by atoms with van der Waals surface area (Å²) in [6.07, 6.45) is 4.02. The van der Waals surface area contributed by atoms with Crippen molar-refractivity contribution in [3.8, 4) is 0 Å². The number of hydrogen-bond acceptors (Lipinski definition) is 5. The monoisotopic (exact) mass is 410 g/mol. The van der Waals surface area contributed by atoms with E-state index in [9.17, 15) is 9.59 Å². The van der Waals surface area contributed by atoms with Crippen molar-refractivity contribution in [2.75, 3.05) is 6.61 Å². The van der Waals surface area contributed by atoms with Gasteiger partial charge in [-0.2, -0.15) is 0 Å². The highest BCUT2D eigenvalue weighted by atomic mass is 32.2. The quantitative estimate of drug-likeness (QED) is 0.642. The third kappa shape index (κ3) is 5.94. The second kappa shape index (κ2) is 10.3. The van der Waals surface area contributed by atoms with Gasteiger partial charge in [-0.25, -0.2) is 9.79 Å². The van der Waals surface area contributed by atoms with E-state index in [-0.39, 0.29) is 17.1 Å². The molecule has 1 N–H and O–H groups in total. The van der Waals surface area contributed by atoms with E-state index < -0.39 is 0 Å². The smallest absolute Gasteiger partial charge is 0.338 e. The summed E-state index contributed by atoms with van der Waals surface area (Å²) in [5.74, 6) is -0.370. The van der Waals surface area contributed by atoms with Gasteiger partial charge in [-0.15, -0.1) is 0 Å². The van der Waals surface area contributed by atoms with Crippen molar-refractivity contribution in [1.29, 1.82) is 0 Å². The summed E-state index contributed by atoms with van der Waals surface area (Å²) in [6, 6.07) is 15.4. The average Bonchev–Trinajstić information content (AvgIpc) is 3.07. The van der Waals surface area contributed by atoms with Gasteiger partial charge in [-0.1, -0.05) is 49.4 Å². The van der Waals surface area contributed by atoms with E-state index in [2.05, 4.69) is 29.4 Å². The highest BCUT2D eigenvalue weighted by molar-refractivity contribution is 8.15. The largest absolute Gasteiger partial charge is 0.462 e. The minimum atomic E-state index is -0.331. The van der Waals surface area contributed by atoms with E-state index in [1.165, 1.54) is 30.2 Å². The molecule has 2 aromatic rings. The van der Waals surface area contributed by atoms with Crippen LogP contribution in [0.1, 0.15) is 48.2 Å². The Kier molecular flexibility index (Phi) is 7.47. The van der Waals surface area contributed by atoms with Gasteiger partial charge in [0, 0.05) is 0 Å². The predicted octanol–water partition coefficient (Wildman–Crippen LogP) is 4.67. The molecule has 3 rings (SSSR count). The molecular weight excluding hydrogens is 384 g/mol. The van der Waals surface area contributed by atoms with E-state index in [1.54, 1.807) is 19.1 Å². The van der Waals surface area contributed by atoms with Gasteiger partial charge in [0.2, 0.25) is 5.91 Å². The van der Waals surface area contributed by atoms with Gasteiger partial charge in [0.15, 0.2) is 5.17 Å². The van der Waals surface area contributed by atoms with Crippen molar-refractivity contribution < 1.29 is 14.3 Å². The normalized spacial score (nSPS) is 17.4. The van der Waals surface area contributed by atoms with Crippen molar-refractivity contribution in [1.82, 2.24) is 5.32 Å². The number of ether oxygens (including phenoxy) is 1. The Morgan fingerprint density at radius 2 is 1.76 bits per heavy atom. The van der Waals surface area contributed by atoms with Gasteiger partial charge >= 0.3 is 5.97 Å². The molecule has 0 aromatic heterocycles. The number of hydrogen-bond donors (Lipinski definition) is 1. The van der Waals surface area contributed by atoms with E-state index in [4.69, 9.17) is 4.74 Å². The number of aliphatic imine (C=N–C) groups is 1. The Morgan fingerprint density at radius 3 is 2.41 bits per heavy atom. The number of nitrogens with zero attached hydrogens (tertiary/aromatic N) is 1. The van der Waals surface area contributed by atoms with Crippen molar-refractivity contribution in [3.05, 3.63) is 65.2 Å². The van der Waals surface area contributed by atoms with Crippen molar-refractivity contribution in [3.63, 3.8) is 0 Å². The van der Waals surface area contributed by atoms with Gasteiger partial charge in [-0.05, 0) is 61.6 Å². The molecule has 1 amide bonds. The summed E-state index contributed by atoms with van der Waals surface area (Å²) in [5.41, 5.74) is 3.66. The molecular formula is C23H26N2O3S. The number of amidine groups is 1. The second-order valence-electron chi connectivity index (χ2n) is 6.90.